The zero-order valence-corrected chi connectivity index (χ0v) is 17.4. The van der Waals surface area contributed by atoms with Gasteiger partial charge in [-0.2, -0.15) is 0 Å². The highest BCUT2D eigenvalue weighted by atomic mass is 16.2. The highest BCUT2D eigenvalue weighted by Gasteiger charge is 2.50. The molecule has 0 N–H and O–H groups in total. The van der Waals surface area contributed by atoms with Crippen molar-refractivity contribution < 1.29 is 4.79 Å². The first-order valence-electron chi connectivity index (χ1n) is 11.5. The van der Waals surface area contributed by atoms with Crippen molar-refractivity contribution in [2.45, 2.75) is 69.5 Å². The monoisotopic (exact) mass is 388 g/mol. The zero-order chi connectivity index (χ0) is 19.7. The normalized spacial score (nSPS) is 22.6. The Morgan fingerprint density at radius 1 is 0.828 bits per heavy atom. The summed E-state index contributed by atoms with van der Waals surface area (Å²) < 4.78 is 0. The minimum Gasteiger partial charge on any atom is -0.324 e. The Labute approximate surface area is 174 Å². The molecule has 1 spiro atoms. The molecule has 0 bridgehead atoms. The molecule has 152 valence electrons. The number of piperidine rings is 1. The number of rotatable bonds is 3. The predicted octanol–water partition coefficient (Wildman–Crippen LogP) is 5.36. The second kappa shape index (κ2) is 7.95. The molecule has 3 heteroatoms. The molecule has 2 heterocycles. The molecule has 0 radical (unpaired) electrons. The topological polar surface area (TPSA) is 23.6 Å². The summed E-state index contributed by atoms with van der Waals surface area (Å²) in [5.74, 6) is 0.215. The van der Waals surface area contributed by atoms with Gasteiger partial charge in [-0.3, -0.25) is 4.79 Å². The van der Waals surface area contributed by atoms with Crippen LogP contribution in [0.3, 0.4) is 0 Å². The average molecular weight is 389 g/mol. The Kier molecular flexibility index (Phi) is 5.17. The minimum atomic E-state index is -0.134. The third-order valence-electron chi connectivity index (χ3n) is 7.57. The van der Waals surface area contributed by atoms with Crippen molar-refractivity contribution in [2.75, 3.05) is 13.1 Å². The number of nitrogens with zero attached hydrogens (tertiary/aromatic N) is 2. The number of fused-ring (bicyclic) bond motifs is 2. The molecule has 5 rings (SSSR count). The van der Waals surface area contributed by atoms with Gasteiger partial charge in [0.1, 0.15) is 0 Å². The molecule has 2 fully saturated rings. The van der Waals surface area contributed by atoms with E-state index in [0.29, 0.717) is 6.54 Å². The van der Waals surface area contributed by atoms with Crippen molar-refractivity contribution in [1.29, 1.82) is 0 Å². The summed E-state index contributed by atoms with van der Waals surface area (Å²) in [5, 5.41) is 0. The summed E-state index contributed by atoms with van der Waals surface area (Å²) in [4.78, 5) is 18.3. The van der Waals surface area contributed by atoms with Gasteiger partial charge in [-0.25, -0.2) is 0 Å². The first kappa shape index (κ1) is 18.9. The van der Waals surface area contributed by atoms with Crippen LogP contribution in [0.5, 0.6) is 0 Å². The predicted molar refractivity (Wildman–Crippen MR) is 117 cm³/mol. The Hall–Kier alpha value is -2.13. The molecule has 1 aliphatic carbocycles. The van der Waals surface area contributed by atoms with Gasteiger partial charge in [0.2, 0.25) is 0 Å². The number of hydrogen-bond acceptors (Lipinski definition) is 2. The Balaban J connectivity index is 1.42. The number of carbonyl (C=O) groups excluding carboxylic acids is 1. The molecule has 2 aliphatic heterocycles. The number of amides is 1. The van der Waals surface area contributed by atoms with Crippen molar-refractivity contribution >= 4 is 5.91 Å². The summed E-state index contributed by atoms with van der Waals surface area (Å²) in [7, 11) is 0. The smallest absolute Gasteiger partial charge is 0.255 e. The Morgan fingerprint density at radius 2 is 1.48 bits per heavy atom. The summed E-state index contributed by atoms with van der Waals surface area (Å²) in [6.45, 7) is 2.92. The van der Waals surface area contributed by atoms with E-state index in [0.717, 1.165) is 37.5 Å². The van der Waals surface area contributed by atoms with E-state index < -0.39 is 0 Å². The lowest BCUT2D eigenvalue weighted by Crippen LogP contribution is -2.53. The average Bonchev–Trinajstić information content (AvgIpc) is 2.97. The largest absolute Gasteiger partial charge is 0.324 e. The van der Waals surface area contributed by atoms with Crippen molar-refractivity contribution in [1.82, 2.24) is 9.80 Å². The van der Waals surface area contributed by atoms with E-state index in [9.17, 15) is 4.79 Å². The third-order valence-corrected chi connectivity index (χ3v) is 7.57. The van der Waals surface area contributed by atoms with Crippen molar-refractivity contribution in [3.05, 3.63) is 71.3 Å². The molecular weight excluding hydrogens is 356 g/mol. The fraction of sp³-hybridized carbons (Fsp3) is 0.500. The van der Waals surface area contributed by atoms with E-state index >= 15 is 0 Å². The standard InChI is InChI=1S/C26H32N2O/c29-25-23-14-8-9-15-24(23)26(28(25)20-21-10-4-3-5-11-21)16-18-27(19-17-26)22-12-6-1-2-7-13-22/h3-5,8-11,14-15,22H,1-2,6-7,12-13,16-20H2. The quantitative estimate of drug-likeness (QED) is 0.661. The van der Waals surface area contributed by atoms with Crippen LogP contribution in [0, 0.1) is 0 Å². The molecule has 29 heavy (non-hydrogen) atoms. The van der Waals surface area contributed by atoms with Crippen molar-refractivity contribution in [3.63, 3.8) is 0 Å². The Bertz CT molecular complexity index is 846. The van der Waals surface area contributed by atoms with Crippen LogP contribution in [-0.4, -0.2) is 34.8 Å². The SMILES string of the molecule is O=C1c2ccccc2C2(CCN(C3CCCCCC3)CC2)N1Cc1ccccc1. The molecule has 1 amide bonds. The van der Waals surface area contributed by atoms with Crippen LogP contribution in [-0.2, 0) is 12.1 Å². The van der Waals surface area contributed by atoms with Crippen LogP contribution in [0.4, 0.5) is 0 Å². The molecule has 2 aromatic carbocycles. The molecular formula is C26H32N2O. The van der Waals surface area contributed by atoms with E-state index in [2.05, 4.69) is 46.2 Å². The summed E-state index contributed by atoms with van der Waals surface area (Å²) in [5.41, 5.74) is 3.28. The second-order valence-corrected chi connectivity index (χ2v) is 9.14. The minimum absolute atomic E-state index is 0.134. The maximum Gasteiger partial charge on any atom is 0.255 e. The van der Waals surface area contributed by atoms with E-state index in [-0.39, 0.29) is 11.4 Å². The summed E-state index contributed by atoms with van der Waals surface area (Å²) in [6.07, 6.45) is 10.4. The fourth-order valence-electron chi connectivity index (χ4n) is 5.97. The Morgan fingerprint density at radius 3 is 2.21 bits per heavy atom. The zero-order valence-electron chi connectivity index (χ0n) is 17.4. The molecule has 0 aromatic heterocycles. The van der Waals surface area contributed by atoms with Gasteiger partial charge in [0.05, 0.1) is 5.54 Å². The van der Waals surface area contributed by atoms with Crippen LogP contribution >= 0.6 is 0 Å². The molecule has 2 aromatic rings. The fourth-order valence-corrected chi connectivity index (χ4v) is 5.97. The van der Waals surface area contributed by atoms with E-state index in [4.69, 9.17) is 0 Å². The molecule has 0 unspecified atom stereocenters. The lowest BCUT2D eigenvalue weighted by molar-refractivity contribution is 0.0121. The first-order chi connectivity index (χ1) is 14.3. The van der Waals surface area contributed by atoms with Gasteiger partial charge in [-0.05, 0) is 42.9 Å². The van der Waals surface area contributed by atoms with Crippen LogP contribution in [0.15, 0.2) is 54.6 Å². The van der Waals surface area contributed by atoms with Gasteiger partial charge < -0.3 is 9.80 Å². The molecule has 1 saturated carbocycles. The number of likely N-dealkylation sites (tertiary alicyclic amines) is 1. The van der Waals surface area contributed by atoms with Gasteiger partial charge in [-0.15, -0.1) is 0 Å². The van der Waals surface area contributed by atoms with Gasteiger partial charge in [0, 0.05) is 31.2 Å². The third kappa shape index (κ3) is 3.40. The lowest BCUT2D eigenvalue weighted by Gasteiger charge is -2.47. The van der Waals surface area contributed by atoms with Crippen molar-refractivity contribution in [2.24, 2.45) is 0 Å². The number of hydrogen-bond donors (Lipinski definition) is 0. The van der Waals surface area contributed by atoms with Crippen LogP contribution < -0.4 is 0 Å². The van der Waals surface area contributed by atoms with Gasteiger partial charge >= 0.3 is 0 Å². The number of benzene rings is 2. The second-order valence-electron chi connectivity index (χ2n) is 9.14. The van der Waals surface area contributed by atoms with Crippen LogP contribution in [0.1, 0.15) is 72.9 Å². The summed E-state index contributed by atoms with van der Waals surface area (Å²) in [6, 6.07) is 19.6. The van der Waals surface area contributed by atoms with E-state index in [1.807, 2.05) is 18.2 Å². The highest BCUT2D eigenvalue weighted by molar-refractivity contribution is 6.00. The van der Waals surface area contributed by atoms with Crippen LogP contribution in [0.25, 0.3) is 0 Å². The van der Waals surface area contributed by atoms with E-state index in [1.165, 1.54) is 49.7 Å². The van der Waals surface area contributed by atoms with Crippen LogP contribution in [0.2, 0.25) is 0 Å². The molecule has 1 saturated heterocycles. The lowest BCUT2D eigenvalue weighted by atomic mass is 9.80. The summed E-state index contributed by atoms with van der Waals surface area (Å²) >= 11 is 0. The van der Waals surface area contributed by atoms with Crippen molar-refractivity contribution in [3.8, 4) is 0 Å². The maximum absolute atomic E-state index is 13.4. The highest BCUT2D eigenvalue weighted by Crippen LogP contribution is 2.47. The number of carbonyl (C=O) groups is 1. The van der Waals surface area contributed by atoms with E-state index in [1.54, 1.807) is 0 Å². The molecule has 3 aliphatic rings. The molecule has 0 atom stereocenters. The van der Waals surface area contributed by atoms with Gasteiger partial charge in [0.15, 0.2) is 0 Å². The van der Waals surface area contributed by atoms with Gasteiger partial charge in [0.25, 0.3) is 5.91 Å². The maximum atomic E-state index is 13.4. The molecule has 3 nitrogen and oxygen atoms in total. The first-order valence-corrected chi connectivity index (χ1v) is 11.5. The van der Waals surface area contributed by atoms with Gasteiger partial charge in [-0.1, -0.05) is 74.2 Å².